The van der Waals surface area contributed by atoms with E-state index in [1.54, 1.807) is 35.2 Å². The van der Waals surface area contributed by atoms with Crippen molar-refractivity contribution in [2.75, 3.05) is 26.2 Å². The van der Waals surface area contributed by atoms with Gasteiger partial charge in [0.25, 0.3) is 5.91 Å². The van der Waals surface area contributed by atoms with Crippen LogP contribution in [0.4, 0.5) is 4.39 Å². The number of benzene rings is 2. The van der Waals surface area contributed by atoms with E-state index in [1.165, 1.54) is 6.07 Å². The minimum Gasteiger partial charge on any atom is -0.336 e. The first-order valence-corrected chi connectivity index (χ1v) is 8.50. The highest BCUT2D eigenvalue weighted by molar-refractivity contribution is 6.43. The molecule has 3 rings (SSSR count). The fourth-order valence-electron chi connectivity index (χ4n) is 2.84. The van der Waals surface area contributed by atoms with E-state index in [1.807, 2.05) is 6.07 Å². The van der Waals surface area contributed by atoms with Crippen LogP contribution in [-0.2, 0) is 6.54 Å². The summed E-state index contributed by atoms with van der Waals surface area (Å²) in [4.78, 5) is 16.6. The summed E-state index contributed by atoms with van der Waals surface area (Å²) in [7, 11) is 0. The van der Waals surface area contributed by atoms with Crippen LogP contribution in [0.25, 0.3) is 0 Å². The lowest BCUT2D eigenvalue weighted by atomic mass is 10.1. The molecule has 0 radical (unpaired) electrons. The summed E-state index contributed by atoms with van der Waals surface area (Å²) < 4.78 is 13.3. The molecule has 1 amide bonds. The van der Waals surface area contributed by atoms with Crippen molar-refractivity contribution >= 4 is 29.1 Å². The SMILES string of the molecule is O=C(c1cccc(Cl)c1Cl)N1CCN(Cc2cccc(F)c2)CC1. The van der Waals surface area contributed by atoms with Gasteiger partial charge in [-0.3, -0.25) is 9.69 Å². The van der Waals surface area contributed by atoms with Crippen LogP contribution in [-0.4, -0.2) is 41.9 Å². The van der Waals surface area contributed by atoms with Gasteiger partial charge in [-0.25, -0.2) is 4.39 Å². The van der Waals surface area contributed by atoms with Crippen molar-refractivity contribution in [3.63, 3.8) is 0 Å². The monoisotopic (exact) mass is 366 g/mol. The van der Waals surface area contributed by atoms with Gasteiger partial charge in [0.05, 0.1) is 15.6 Å². The van der Waals surface area contributed by atoms with Gasteiger partial charge in [0.1, 0.15) is 5.82 Å². The van der Waals surface area contributed by atoms with E-state index < -0.39 is 0 Å². The summed E-state index contributed by atoms with van der Waals surface area (Å²) in [6.07, 6.45) is 0. The van der Waals surface area contributed by atoms with Crippen LogP contribution in [0, 0.1) is 5.82 Å². The molecule has 0 aromatic heterocycles. The summed E-state index contributed by atoms with van der Waals surface area (Å²) in [5.41, 5.74) is 1.37. The van der Waals surface area contributed by atoms with Gasteiger partial charge < -0.3 is 4.90 Å². The Morgan fingerprint density at radius 1 is 1.04 bits per heavy atom. The maximum Gasteiger partial charge on any atom is 0.255 e. The quantitative estimate of drug-likeness (QED) is 0.816. The van der Waals surface area contributed by atoms with E-state index in [2.05, 4.69) is 4.90 Å². The molecule has 0 bridgehead atoms. The zero-order chi connectivity index (χ0) is 17.1. The predicted octanol–water partition coefficient (Wildman–Crippen LogP) is 4.09. The molecule has 1 heterocycles. The molecule has 1 saturated heterocycles. The van der Waals surface area contributed by atoms with Crippen LogP contribution in [0.2, 0.25) is 10.0 Å². The Morgan fingerprint density at radius 3 is 2.46 bits per heavy atom. The van der Waals surface area contributed by atoms with Crippen molar-refractivity contribution < 1.29 is 9.18 Å². The first-order valence-electron chi connectivity index (χ1n) is 7.74. The molecular weight excluding hydrogens is 350 g/mol. The number of carbonyl (C=O) groups excluding carboxylic acids is 1. The van der Waals surface area contributed by atoms with Crippen LogP contribution >= 0.6 is 23.2 Å². The Kier molecular flexibility index (Phi) is 5.39. The van der Waals surface area contributed by atoms with Crippen molar-refractivity contribution in [1.29, 1.82) is 0 Å². The summed E-state index contributed by atoms with van der Waals surface area (Å²) >= 11 is 12.1. The lowest BCUT2D eigenvalue weighted by Gasteiger charge is -2.35. The van der Waals surface area contributed by atoms with E-state index >= 15 is 0 Å². The first kappa shape index (κ1) is 17.2. The Labute approximate surface area is 150 Å². The van der Waals surface area contributed by atoms with Gasteiger partial charge in [-0.2, -0.15) is 0 Å². The molecule has 126 valence electrons. The van der Waals surface area contributed by atoms with Crippen LogP contribution in [0.3, 0.4) is 0 Å². The lowest BCUT2D eigenvalue weighted by molar-refractivity contribution is 0.0628. The molecule has 2 aromatic carbocycles. The highest BCUT2D eigenvalue weighted by atomic mass is 35.5. The van der Waals surface area contributed by atoms with E-state index in [9.17, 15) is 9.18 Å². The highest BCUT2D eigenvalue weighted by Gasteiger charge is 2.24. The second kappa shape index (κ2) is 7.51. The third-order valence-electron chi connectivity index (χ3n) is 4.14. The molecule has 0 atom stereocenters. The van der Waals surface area contributed by atoms with Gasteiger partial charge in [-0.05, 0) is 29.8 Å². The lowest BCUT2D eigenvalue weighted by Crippen LogP contribution is -2.48. The smallest absolute Gasteiger partial charge is 0.255 e. The number of hydrogen-bond acceptors (Lipinski definition) is 2. The molecule has 0 aliphatic carbocycles. The molecule has 24 heavy (non-hydrogen) atoms. The van der Waals surface area contributed by atoms with Gasteiger partial charge in [0.15, 0.2) is 0 Å². The zero-order valence-corrected chi connectivity index (χ0v) is 14.5. The minimum absolute atomic E-state index is 0.104. The standard InChI is InChI=1S/C18H17Cl2FN2O/c19-16-6-2-5-15(17(16)20)18(24)23-9-7-22(8-10-23)12-13-3-1-4-14(21)11-13/h1-6,11H,7-10,12H2. The number of carbonyl (C=O) groups is 1. The van der Waals surface area contributed by atoms with Crippen molar-refractivity contribution in [3.8, 4) is 0 Å². The molecule has 1 aliphatic rings. The molecule has 0 unspecified atom stereocenters. The van der Waals surface area contributed by atoms with Crippen molar-refractivity contribution in [1.82, 2.24) is 9.80 Å². The van der Waals surface area contributed by atoms with E-state index in [-0.39, 0.29) is 11.7 Å². The van der Waals surface area contributed by atoms with Gasteiger partial charge in [0.2, 0.25) is 0 Å². The topological polar surface area (TPSA) is 23.6 Å². The van der Waals surface area contributed by atoms with E-state index in [0.717, 1.165) is 18.7 Å². The normalized spacial score (nSPS) is 15.5. The fourth-order valence-corrected chi connectivity index (χ4v) is 3.22. The number of amides is 1. The van der Waals surface area contributed by atoms with Crippen molar-refractivity contribution in [3.05, 3.63) is 69.5 Å². The predicted molar refractivity (Wildman–Crippen MR) is 94.0 cm³/mol. The van der Waals surface area contributed by atoms with Crippen LogP contribution < -0.4 is 0 Å². The molecule has 6 heteroatoms. The highest BCUT2D eigenvalue weighted by Crippen LogP contribution is 2.26. The molecule has 0 spiro atoms. The molecule has 1 aliphatic heterocycles. The minimum atomic E-state index is -0.225. The average Bonchev–Trinajstić information content (AvgIpc) is 2.57. The number of hydrogen-bond donors (Lipinski definition) is 0. The van der Waals surface area contributed by atoms with Gasteiger partial charge in [-0.15, -0.1) is 0 Å². The van der Waals surface area contributed by atoms with E-state index in [0.29, 0.717) is 35.2 Å². The van der Waals surface area contributed by atoms with Crippen molar-refractivity contribution in [2.24, 2.45) is 0 Å². The second-order valence-corrected chi connectivity index (χ2v) is 6.58. The molecule has 0 saturated carbocycles. The second-order valence-electron chi connectivity index (χ2n) is 5.80. The molecule has 2 aromatic rings. The van der Waals surface area contributed by atoms with E-state index in [4.69, 9.17) is 23.2 Å². The Balaban J connectivity index is 1.60. The maximum atomic E-state index is 13.3. The van der Waals surface area contributed by atoms with Crippen molar-refractivity contribution in [2.45, 2.75) is 6.54 Å². The molecule has 1 fully saturated rings. The molecular formula is C18H17Cl2FN2O. The third kappa shape index (κ3) is 3.89. The summed E-state index contributed by atoms with van der Waals surface area (Å²) in [6, 6.07) is 11.7. The Morgan fingerprint density at radius 2 is 1.75 bits per heavy atom. The third-order valence-corrected chi connectivity index (χ3v) is 4.96. The first-order chi connectivity index (χ1) is 11.5. The summed E-state index contributed by atoms with van der Waals surface area (Å²) in [5.74, 6) is -0.329. The number of piperazine rings is 1. The van der Waals surface area contributed by atoms with Crippen LogP contribution in [0.5, 0.6) is 0 Å². The number of nitrogens with zero attached hydrogens (tertiary/aromatic N) is 2. The Bertz CT molecular complexity index is 746. The fraction of sp³-hybridized carbons (Fsp3) is 0.278. The van der Waals surface area contributed by atoms with Gasteiger partial charge >= 0.3 is 0 Å². The molecule has 3 nitrogen and oxygen atoms in total. The zero-order valence-electron chi connectivity index (χ0n) is 13.0. The average molecular weight is 367 g/mol. The molecule has 0 N–H and O–H groups in total. The van der Waals surface area contributed by atoms with Gasteiger partial charge in [-0.1, -0.05) is 41.4 Å². The van der Waals surface area contributed by atoms with Gasteiger partial charge in [0, 0.05) is 32.7 Å². The van der Waals surface area contributed by atoms with Crippen LogP contribution in [0.15, 0.2) is 42.5 Å². The maximum absolute atomic E-state index is 13.3. The number of rotatable bonds is 3. The van der Waals surface area contributed by atoms with Crippen LogP contribution in [0.1, 0.15) is 15.9 Å². The Hall–Kier alpha value is -1.62. The summed E-state index contributed by atoms with van der Waals surface area (Å²) in [6.45, 7) is 3.37. The largest absolute Gasteiger partial charge is 0.336 e. The number of halogens is 3. The summed E-state index contributed by atoms with van der Waals surface area (Å²) in [5, 5.41) is 0.679.